The van der Waals surface area contributed by atoms with E-state index in [0.29, 0.717) is 5.56 Å². The first-order valence-electron chi connectivity index (χ1n) is 7.54. The predicted octanol–water partition coefficient (Wildman–Crippen LogP) is 1.78. The SMILES string of the molecule is Cc1ccc(C(=O)NC2C(=O)NNC2c2ccc(C)cc2)cc1. The van der Waals surface area contributed by atoms with Crippen LogP contribution in [0.1, 0.15) is 33.1 Å². The molecule has 2 aromatic rings. The number of nitrogens with one attached hydrogen (secondary N) is 3. The average Bonchev–Trinajstić information content (AvgIpc) is 2.90. The molecule has 0 aromatic heterocycles. The highest BCUT2D eigenvalue weighted by Gasteiger charge is 2.36. The molecule has 0 spiro atoms. The molecule has 23 heavy (non-hydrogen) atoms. The lowest BCUT2D eigenvalue weighted by Gasteiger charge is -2.18. The highest BCUT2D eigenvalue weighted by atomic mass is 16.2. The maximum absolute atomic E-state index is 12.4. The van der Waals surface area contributed by atoms with Gasteiger partial charge in [0.05, 0.1) is 6.04 Å². The van der Waals surface area contributed by atoms with Crippen molar-refractivity contribution in [3.8, 4) is 0 Å². The lowest BCUT2D eigenvalue weighted by atomic mass is 9.99. The van der Waals surface area contributed by atoms with E-state index in [0.717, 1.165) is 16.7 Å². The fourth-order valence-electron chi connectivity index (χ4n) is 2.59. The Morgan fingerprint density at radius 1 is 0.957 bits per heavy atom. The molecule has 2 amide bonds. The average molecular weight is 309 g/mol. The zero-order chi connectivity index (χ0) is 16.4. The van der Waals surface area contributed by atoms with Crippen molar-refractivity contribution >= 4 is 11.8 Å². The zero-order valence-corrected chi connectivity index (χ0v) is 13.1. The van der Waals surface area contributed by atoms with Crippen LogP contribution < -0.4 is 16.2 Å². The number of aryl methyl sites for hydroxylation is 2. The van der Waals surface area contributed by atoms with Gasteiger partial charge in [0.25, 0.3) is 11.8 Å². The normalized spacial score (nSPS) is 20.2. The molecule has 2 atom stereocenters. The van der Waals surface area contributed by atoms with Gasteiger partial charge in [-0.15, -0.1) is 0 Å². The van der Waals surface area contributed by atoms with E-state index in [1.165, 1.54) is 0 Å². The molecule has 3 rings (SSSR count). The number of hydrazine groups is 1. The van der Waals surface area contributed by atoms with E-state index in [1.54, 1.807) is 12.1 Å². The first-order valence-corrected chi connectivity index (χ1v) is 7.54. The van der Waals surface area contributed by atoms with Crippen LogP contribution in [0, 0.1) is 13.8 Å². The Morgan fingerprint density at radius 3 is 2.13 bits per heavy atom. The van der Waals surface area contributed by atoms with Crippen LogP contribution in [0.25, 0.3) is 0 Å². The highest BCUT2D eigenvalue weighted by Crippen LogP contribution is 2.21. The second kappa shape index (κ2) is 6.22. The van der Waals surface area contributed by atoms with E-state index >= 15 is 0 Å². The molecular weight excluding hydrogens is 290 g/mol. The zero-order valence-electron chi connectivity index (χ0n) is 13.1. The van der Waals surface area contributed by atoms with Crippen molar-refractivity contribution in [1.82, 2.24) is 16.2 Å². The summed E-state index contributed by atoms with van der Waals surface area (Å²) in [6.45, 7) is 3.97. The maximum Gasteiger partial charge on any atom is 0.258 e. The minimum atomic E-state index is -0.647. The summed E-state index contributed by atoms with van der Waals surface area (Å²) in [5, 5.41) is 2.81. The van der Waals surface area contributed by atoms with Gasteiger partial charge in [-0.3, -0.25) is 15.0 Å². The van der Waals surface area contributed by atoms with Crippen molar-refractivity contribution in [3.63, 3.8) is 0 Å². The molecule has 2 aromatic carbocycles. The van der Waals surface area contributed by atoms with Crippen LogP contribution in [0.5, 0.6) is 0 Å². The summed E-state index contributed by atoms with van der Waals surface area (Å²) in [4.78, 5) is 24.4. The number of amides is 2. The Kier molecular flexibility index (Phi) is 4.12. The van der Waals surface area contributed by atoms with E-state index in [4.69, 9.17) is 0 Å². The van der Waals surface area contributed by atoms with Crippen LogP contribution in [-0.4, -0.2) is 17.9 Å². The summed E-state index contributed by atoms with van der Waals surface area (Å²) in [5.74, 6) is -0.498. The molecule has 1 aliphatic rings. The standard InChI is InChI=1S/C18H19N3O2/c1-11-3-7-13(8-4-11)15-16(18(23)21-20-15)19-17(22)14-9-5-12(2)6-10-14/h3-10,15-16,20H,1-2H3,(H,19,22)(H,21,23). The monoisotopic (exact) mass is 309 g/mol. The smallest absolute Gasteiger partial charge is 0.258 e. The molecule has 5 nitrogen and oxygen atoms in total. The van der Waals surface area contributed by atoms with Gasteiger partial charge >= 0.3 is 0 Å². The lowest BCUT2D eigenvalue weighted by molar-refractivity contribution is -0.121. The fourth-order valence-corrected chi connectivity index (χ4v) is 2.59. The molecule has 1 fully saturated rings. The van der Waals surface area contributed by atoms with Gasteiger partial charge in [0, 0.05) is 5.56 Å². The molecule has 0 aliphatic carbocycles. The van der Waals surface area contributed by atoms with Crippen molar-refractivity contribution < 1.29 is 9.59 Å². The van der Waals surface area contributed by atoms with Gasteiger partial charge in [-0.1, -0.05) is 47.5 Å². The van der Waals surface area contributed by atoms with E-state index < -0.39 is 6.04 Å². The molecule has 3 N–H and O–H groups in total. The van der Waals surface area contributed by atoms with E-state index in [1.807, 2.05) is 50.2 Å². The largest absolute Gasteiger partial charge is 0.338 e. The van der Waals surface area contributed by atoms with Crippen molar-refractivity contribution in [3.05, 3.63) is 70.8 Å². The van der Waals surface area contributed by atoms with Gasteiger partial charge in [0.2, 0.25) is 0 Å². The summed E-state index contributed by atoms with van der Waals surface area (Å²) in [6.07, 6.45) is 0. The molecule has 1 heterocycles. The van der Waals surface area contributed by atoms with Crippen molar-refractivity contribution in [2.45, 2.75) is 25.9 Å². The minimum Gasteiger partial charge on any atom is -0.338 e. The van der Waals surface area contributed by atoms with Crippen molar-refractivity contribution in [2.24, 2.45) is 0 Å². The third-order valence-electron chi connectivity index (χ3n) is 4.00. The number of hydrogen-bond acceptors (Lipinski definition) is 3. The maximum atomic E-state index is 12.4. The fraction of sp³-hybridized carbons (Fsp3) is 0.222. The molecule has 2 unspecified atom stereocenters. The summed E-state index contributed by atoms with van der Waals surface area (Å²) in [7, 11) is 0. The van der Waals surface area contributed by atoms with E-state index in [2.05, 4.69) is 16.2 Å². The number of carbonyl (C=O) groups excluding carboxylic acids is 2. The Bertz CT molecular complexity index is 723. The Balaban J connectivity index is 1.78. The number of rotatable bonds is 3. The summed E-state index contributed by atoms with van der Waals surface area (Å²) in [6, 6.07) is 14.2. The Morgan fingerprint density at radius 2 is 1.52 bits per heavy atom. The molecule has 0 bridgehead atoms. The molecule has 118 valence electrons. The second-order valence-corrected chi connectivity index (χ2v) is 5.84. The Hall–Kier alpha value is -2.66. The quantitative estimate of drug-likeness (QED) is 0.809. The molecule has 1 saturated heterocycles. The van der Waals surface area contributed by atoms with Gasteiger partial charge in [-0.05, 0) is 31.5 Å². The lowest BCUT2D eigenvalue weighted by Crippen LogP contribution is -2.42. The topological polar surface area (TPSA) is 70.2 Å². The minimum absolute atomic E-state index is 0.240. The first kappa shape index (κ1) is 15.2. The van der Waals surface area contributed by atoms with E-state index in [9.17, 15) is 9.59 Å². The first-order chi connectivity index (χ1) is 11.0. The third-order valence-corrected chi connectivity index (χ3v) is 4.00. The number of benzene rings is 2. The van der Waals surface area contributed by atoms with Gasteiger partial charge < -0.3 is 5.32 Å². The van der Waals surface area contributed by atoms with Gasteiger partial charge in [-0.25, -0.2) is 5.43 Å². The van der Waals surface area contributed by atoms with Crippen LogP contribution in [0.15, 0.2) is 48.5 Å². The molecule has 0 saturated carbocycles. The third kappa shape index (κ3) is 3.24. The molecule has 5 heteroatoms. The van der Waals surface area contributed by atoms with Crippen LogP contribution in [0.3, 0.4) is 0 Å². The number of hydrogen-bond donors (Lipinski definition) is 3. The van der Waals surface area contributed by atoms with Crippen LogP contribution in [-0.2, 0) is 4.79 Å². The van der Waals surface area contributed by atoms with Gasteiger partial charge in [0.1, 0.15) is 6.04 Å². The highest BCUT2D eigenvalue weighted by molar-refractivity contribution is 5.98. The molecule has 0 radical (unpaired) electrons. The molecular formula is C18H19N3O2. The van der Waals surface area contributed by atoms with E-state index in [-0.39, 0.29) is 17.9 Å². The number of carbonyl (C=O) groups is 2. The van der Waals surface area contributed by atoms with Crippen LogP contribution in [0.2, 0.25) is 0 Å². The van der Waals surface area contributed by atoms with Crippen molar-refractivity contribution in [2.75, 3.05) is 0 Å². The summed E-state index contributed by atoms with van der Waals surface area (Å²) in [5.41, 5.74) is 9.25. The second-order valence-electron chi connectivity index (χ2n) is 5.84. The summed E-state index contributed by atoms with van der Waals surface area (Å²) < 4.78 is 0. The van der Waals surface area contributed by atoms with Crippen molar-refractivity contribution in [1.29, 1.82) is 0 Å². The Labute approximate surface area is 135 Å². The molecule has 1 aliphatic heterocycles. The van der Waals surface area contributed by atoms with Crippen LogP contribution in [0.4, 0.5) is 0 Å². The van der Waals surface area contributed by atoms with Gasteiger partial charge in [0.15, 0.2) is 0 Å². The van der Waals surface area contributed by atoms with Gasteiger partial charge in [-0.2, -0.15) is 0 Å². The predicted molar refractivity (Wildman–Crippen MR) is 87.6 cm³/mol. The summed E-state index contributed by atoms with van der Waals surface area (Å²) >= 11 is 0. The van der Waals surface area contributed by atoms with Crippen LogP contribution >= 0.6 is 0 Å².